The van der Waals surface area contributed by atoms with Gasteiger partial charge in [-0.05, 0) is 46.0 Å². The molecule has 3 rings (SSSR count). The van der Waals surface area contributed by atoms with Gasteiger partial charge in [0.15, 0.2) is 0 Å². The van der Waals surface area contributed by atoms with Crippen molar-refractivity contribution in [2.45, 2.75) is 56.9 Å². The number of carboxylic acids is 3. The van der Waals surface area contributed by atoms with Gasteiger partial charge in [0.1, 0.15) is 0 Å². The first kappa shape index (κ1) is 38.4. The minimum absolute atomic E-state index is 0.805. The summed E-state index contributed by atoms with van der Waals surface area (Å²) in [6.07, 6.45) is -12.5. The van der Waals surface area contributed by atoms with E-state index in [0.29, 0.717) is 0 Å². The van der Waals surface area contributed by atoms with Crippen LogP contribution in [-0.4, -0.2) is 119 Å². The summed E-state index contributed by atoms with van der Waals surface area (Å²) in [6, 6.07) is 6.19. The van der Waals surface area contributed by atoms with Crippen LogP contribution in [0, 0.1) is 6.92 Å². The van der Waals surface area contributed by atoms with Crippen molar-refractivity contribution in [3.05, 3.63) is 21.9 Å². The Balaban J connectivity index is 0.000000631. The Morgan fingerprint density at radius 3 is 1.49 bits per heavy atom. The number of carbonyl (C=O) groups is 3. The van der Waals surface area contributed by atoms with E-state index >= 15 is 0 Å². The van der Waals surface area contributed by atoms with Crippen LogP contribution in [-0.2, 0) is 20.9 Å². The smallest absolute Gasteiger partial charge is 0.475 e. The van der Waals surface area contributed by atoms with Crippen molar-refractivity contribution in [2.75, 3.05) is 40.3 Å². The summed E-state index contributed by atoms with van der Waals surface area (Å²) in [6.45, 7) is 8.38. The van der Waals surface area contributed by atoms with Crippen molar-refractivity contribution in [2.24, 2.45) is 0 Å². The molecular weight excluding hydrogens is 605 g/mol. The van der Waals surface area contributed by atoms with Gasteiger partial charge >= 0.3 is 36.4 Å². The minimum atomic E-state index is -5.08. The molecule has 2 saturated heterocycles. The first-order chi connectivity index (χ1) is 18.5. The molecule has 19 heteroatoms. The van der Waals surface area contributed by atoms with Gasteiger partial charge < -0.3 is 20.2 Å². The maximum atomic E-state index is 10.6. The Bertz CT molecular complexity index is 926. The summed E-state index contributed by atoms with van der Waals surface area (Å²) in [5.41, 5.74) is 0. The van der Waals surface area contributed by atoms with Crippen LogP contribution in [0.1, 0.15) is 22.6 Å². The van der Waals surface area contributed by atoms with Crippen molar-refractivity contribution < 1.29 is 69.2 Å². The van der Waals surface area contributed by atoms with Gasteiger partial charge in [0, 0.05) is 54.6 Å². The number of fused-ring (bicyclic) bond motifs is 1. The van der Waals surface area contributed by atoms with E-state index in [1.54, 1.807) is 0 Å². The fraction of sp³-hybridized carbons (Fsp3) is 0.682. The average molecular weight is 636 g/mol. The molecule has 1 aromatic rings. The van der Waals surface area contributed by atoms with E-state index in [2.05, 4.69) is 47.9 Å². The number of hydrogen-bond acceptors (Lipinski definition) is 7. The highest BCUT2D eigenvalue weighted by Crippen LogP contribution is 2.33. The predicted octanol–water partition coefficient (Wildman–Crippen LogP) is 4.17. The van der Waals surface area contributed by atoms with E-state index in [4.69, 9.17) is 29.7 Å². The topological polar surface area (TPSA) is 122 Å². The monoisotopic (exact) mass is 635 g/mol. The largest absolute Gasteiger partial charge is 0.490 e. The SMILES string of the molecule is Cc1ccc(CN2CCC3C2CCN3CCN(C)C)s1.O=C(O)C(F)(F)F.O=C(O)C(F)(F)F.O=C(O)C(F)(F)F. The fourth-order valence-corrected chi connectivity index (χ4v) is 4.65. The van der Waals surface area contributed by atoms with Crippen molar-refractivity contribution in [1.82, 2.24) is 14.7 Å². The number of halogens is 9. The number of likely N-dealkylation sites (N-methyl/N-ethyl adjacent to an activating group) is 1. The van der Waals surface area contributed by atoms with E-state index in [9.17, 15) is 39.5 Å². The highest BCUT2D eigenvalue weighted by atomic mass is 32.1. The predicted molar refractivity (Wildman–Crippen MR) is 127 cm³/mol. The van der Waals surface area contributed by atoms with Crippen LogP contribution >= 0.6 is 11.3 Å². The van der Waals surface area contributed by atoms with Gasteiger partial charge in [-0.1, -0.05) is 0 Å². The first-order valence-electron chi connectivity index (χ1n) is 11.5. The Hall–Kier alpha value is -2.64. The van der Waals surface area contributed by atoms with Gasteiger partial charge in [-0.15, -0.1) is 11.3 Å². The molecule has 9 nitrogen and oxygen atoms in total. The normalized spacial score (nSPS) is 19.2. The molecule has 0 spiro atoms. The third-order valence-electron chi connectivity index (χ3n) is 5.52. The molecule has 0 saturated carbocycles. The Kier molecular flexibility index (Phi) is 15.1. The molecule has 238 valence electrons. The van der Waals surface area contributed by atoms with Gasteiger partial charge in [-0.25, -0.2) is 14.4 Å². The van der Waals surface area contributed by atoms with Crippen LogP contribution in [0.3, 0.4) is 0 Å². The van der Waals surface area contributed by atoms with Crippen molar-refractivity contribution in [3.8, 4) is 0 Å². The van der Waals surface area contributed by atoms with Crippen LogP contribution < -0.4 is 0 Å². The van der Waals surface area contributed by atoms with Gasteiger partial charge in [0.25, 0.3) is 0 Å². The maximum Gasteiger partial charge on any atom is 0.490 e. The molecule has 0 aliphatic carbocycles. The molecule has 2 unspecified atom stereocenters. The second-order valence-electron chi connectivity index (χ2n) is 8.94. The van der Waals surface area contributed by atoms with Crippen LogP contribution in [0.15, 0.2) is 12.1 Å². The van der Waals surface area contributed by atoms with Crippen LogP contribution in [0.25, 0.3) is 0 Å². The summed E-state index contributed by atoms with van der Waals surface area (Å²) in [4.78, 5) is 37.4. The molecule has 2 atom stereocenters. The number of alkyl halides is 9. The van der Waals surface area contributed by atoms with Crippen LogP contribution in [0.4, 0.5) is 39.5 Å². The summed E-state index contributed by atoms with van der Waals surface area (Å²) in [5, 5.41) is 21.4. The molecule has 2 aliphatic rings. The number of carboxylic acid groups (broad SMARTS) is 3. The van der Waals surface area contributed by atoms with E-state index < -0.39 is 36.4 Å². The maximum absolute atomic E-state index is 10.6. The number of likely N-dealkylation sites (tertiary alicyclic amines) is 2. The zero-order chi connectivity index (χ0) is 32.3. The van der Waals surface area contributed by atoms with Crippen molar-refractivity contribution in [1.29, 1.82) is 0 Å². The highest BCUT2D eigenvalue weighted by Gasteiger charge is 2.42. The molecule has 3 N–H and O–H groups in total. The van der Waals surface area contributed by atoms with E-state index in [1.807, 2.05) is 11.3 Å². The molecule has 0 amide bonds. The second-order valence-corrected chi connectivity index (χ2v) is 10.3. The zero-order valence-electron chi connectivity index (χ0n) is 22.0. The van der Waals surface area contributed by atoms with E-state index in [1.165, 1.54) is 55.3 Å². The lowest BCUT2D eigenvalue weighted by atomic mass is 10.1. The highest BCUT2D eigenvalue weighted by molar-refractivity contribution is 7.11. The molecule has 0 bridgehead atoms. The summed E-state index contributed by atoms with van der Waals surface area (Å²) >= 11 is 1.96. The van der Waals surface area contributed by atoms with E-state index in [0.717, 1.165) is 12.1 Å². The third-order valence-corrected chi connectivity index (χ3v) is 6.51. The standard InChI is InChI=1S/C16H27N3S.3C2HF3O2/c1-13-4-5-14(20-13)12-19-9-7-15-16(19)6-8-18(15)11-10-17(2)3;3*3-2(4,5)1(6)7/h4-5,15-16H,6-12H2,1-3H3;3*(H,6,7). The minimum Gasteiger partial charge on any atom is -0.475 e. The fourth-order valence-electron chi connectivity index (χ4n) is 3.74. The molecular formula is C22H30F9N3O6S. The van der Waals surface area contributed by atoms with Gasteiger partial charge in [0.05, 0.1) is 0 Å². The number of nitrogens with zero attached hydrogens (tertiary/aromatic N) is 3. The summed E-state index contributed by atoms with van der Waals surface area (Å²) < 4.78 is 95.2. The average Bonchev–Trinajstić information content (AvgIpc) is 3.50. The van der Waals surface area contributed by atoms with E-state index in [-0.39, 0.29) is 0 Å². The first-order valence-corrected chi connectivity index (χ1v) is 12.4. The lowest BCUT2D eigenvalue weighted by Gasteiger charge is -2.26. The molecule has 1 aromatic heterocycles. The Morgan fingerprint density at radius 2 is 1.17 bits per heavy atom. The molecule has 0 radical (unpaired) electrons. The zero-order valence-corrected chi connectivity index (χ0v) is 22.8. The molecule has 41 heavy (non-hydrogen) atoms. The van der Waals surface area contributed by atoms with Gasteiger partial charge in [-0.2, -0.15) is 39.5 Å². The van der Waals surface area contributed by atoms with Gasteiger partial charge in [0.2, 0.25) is 0 Å². The molecule has 2 aliphatic heterocycles. The van der Waals surface area contributed by atoms with Crippen LogP contribution in [0.2, 0.25) is 0 Å². The van der Waals surface area contributed by atoms with Crippen LogP contribution in [0.5, 0.6) is 0 Å². The number of rotatable bonds is 5. The van der Waals surface area contributed by atoms with Crippen molar-refractivity contribution in [3.63, 3.8) is 0 Å². The molecule has 3 heterocycles. The summed E-state index contributed by atoms with van der Waals surface area (Å²) in [7, 11) is 4.35. The second kappa shape index (κ2) is 16.1. The quantitative estimate of drug-likeness (QED) is 0.410. The van der Waals surface area contributed by atoms with Gasteiger partial charge in [-0.3, -0.25) is 9.80 Å². The third kappa shape index (κ3) is 15.2. The lowest BCUT2D eigenvalue weighted by molar-refractivity contribution is -0.193. The number of thiophene rings is 1. The summed E-state index contributed by atoms with van der Waals surface area (Å²) in [5.74, 6) is -8.27. The number of aliphatic carboxylic acids is 3. The number of hydrogen-bond donors (Lipinski definition) is 3. The Labute approximate surface area is 232 Å². The molecule has 2 fully saturated rings. The van der Waals surface area contributed by atoms with Crippen molar-refractivity contribution >= 4 is 29.2 Å². The Morgan fingerprint density at radius 1 is 0.805 bits per heavy atom. The number of aryl methyl sites for hydroxylation is 1. The lowest BCUT2D eigenvalue weighted by Crippen LogP contribution is -2.39. The molecule has 0 aromatic carbocycles.